The average molecular weight is 313 g/mol. The summed E-state index contributed by atoms with van der Waals surface area (Å²) in [4.78, 5) is 14.6. The number of hydrogen-bond donors (Lipinski definition) is 1. The smallest absolute Gasteiger partial charge is 0.257 e. The van der Waals surface area contributed by atoms with Crippen molar-refractivity contribution in [3.05, 3.63) is 53.1 Å². The van der Waals surface area contributed by atoms with Crippen molar-refractivity contribution in [1.29, 1.82) is 0 Å². The van der Waals surface area contributed by atoms with E-state index in [1.54, 1.807) is 36.3 Å². The molecule has 0 bridgehead atoms. The number of rotatable bonds is 3. The van der Waals surface area contributed by atoms with Gasteiger partial charge in [0.2, 0.25) is 0 Å². The zero-order valence-electron chi connectivity index (χ0n) is 13.2. The molecule has 0 fully saturated rings. The lowest BCUT2D eigenvalue weighted by Gasteiger charge is -2.29. The van der Waals surface area contributed by atoms with Crippen LogP contribution in [0, 0.1) is 0 Å². The van der Waals surface area contributed by atoms with Gasteiger partial charge in [0.15, 0.2) is 11.5 Å². The summed E-state index contributed by atoms with van der Waals surface area (Å²) in [5.41, 5.74) is 2.60. The third-order valence-corrected chi connectivity index (χ3v) is 4.14. The van der Waals surface area contributed by atoms with E-state index in [0.717, 1.165) is 11.1 Å². The maximum atomic E-state index is 12.8. The number of para-hydroxylation sites is 1. The second kappa shape index (κ2) is 6.20. The molecule has 0 radical (unpaired) electrons. The van der Waals surface area contributed by atoms with Gasteiger partial charge in [-0.2, -0.15) is 0 Å². The molecule has 23 heavy (non-hydrogen) atoms. The van der Waals surface area contributed by atoms with Gasteiger partial charge in [0.25, 0.3) is 5.91 Å². The van der Waals surface area contributed by atoms with E-state index in [1.807, 2.05) is 12.1 Å². The summed E-state index contributed by atoms with van der Waals surface area (Å²) in [5.74, 6) is 1.08. The molecule has 120 valence electrons. The minimum Gasteiger partial charge on any atom is -0.504 e. The third-order valence-electron chi connectivity index (χ3n) is 4.14. The van der Waals surface area contributed by atoms with Gasteiger partial charge in [-0.25, -0.2) is 0 Å². The van der Waals surface area contributed by atoms with Crippen molar-refractivity contribution in [2.45, 2.75) is 13.0 Å². The molecule has 1 aliphatic heterocycles. The largest absolute Gasteiger partial charge is 0.504 e. The maximum Gasteiger partial charge on any atom is 0.257 e. The Morgan fingerprint density at radius 2 is 1.83 bits per heavy atom. The SMILES string of the molecule is COc1cc2c(cc1O)CCN(C(=O)c1ccccc1OC)C2. The van der Waals surface area contributed by atoms with Gasteiger partial charge in [0, 0.05) is 13.1 Å². The summed E-state index contributed by atoms with van der Waals surface area (Å²) in [6.07, 6.45) is 0.702. The molecule has 0 aromatic heterocycles. The van der Waals surface area contributed by atoms with Gasteiger partial charge in [-0.1, -0.05) is 12.1 Å². The maximum absolute atomic E-state index is 12.8. The lowest BCUT2D eigenvalue weighted by atomic mass is 9.98. The minimum atomic E-state index is -0.0554. The zero-order valence-corrected chi connectivity index (χ0v) is 13.2. The summed E-state index contributed by atoms with van der Waals surface area (Å²) in [6.45, 7) is 1.10. The highest BCUT2D eigenvalue weighted by molar-refractivity contribution is 5.97. The molecule has 1 N–H and O–H groups in total. The summed E-state index contributed by atoms with van der Waals surface area (Å²) in [7, 11) is 3.08. The molecule has 0 aliphatic carbocycles. The fourth-order valence-corrected chi connectivity index (χ4v) is 2.90. The van der Waals surface area contributed by atoms with Crippen molar-refractivity contribution < 1.29 is 19.4 Å². The number of hydrogen-bond acceptors (Lipinski definition) is 4. The first kappa shape index (κ1) is 15.2. The second-order valence-electron chi connectivity index (χ2n) is 5.47. The number of carbonyl (C=O) groups excluding carboxylic acids is 1. The lowest BCUT2D eigenvalue weighted by molar-refractivity contribution is 0.0731. The predicted molar refractivity (Wildman–Crippen MR) is 86.1 cm³/mol. The van der Waals surface area contributed by atoms with Crippen LogP contribution < -0.4 is 9.47 Å². The normalized spacial score (nSPS) is 13.4. The summed E-state index contributed by atoms with van der Waals surface area (Å²) in [6, 6.07) is 10.7. The Morgan fingerprint density at radius 3 is 2.57 bits per heavy atom. The predicted octanol–water partition coefficient (Wildman–Crippen LogP) is 2.61. The topological polar surface area (TPSA) is 59.0 Å². The Balaban J connectivity index is 1.88. The molecular formula is C18H19NO4. The number of nitrogens with zero attached hydrogens (tertiary/aromatic N) is 1. The van der Waals surface area contributed by atoms with E-state index in [4.69, 9.17) is 9.47 Å². The van der Waals surface area contributed by atoms with Gasteiger partial charge >= 0.3 is 0 Å². The van der Waals surface area contributed by atoms with Crippen molar-refractivity contribution in [2.24, 2.45) is 0 Å². The van der Waals surface area contributed by atoms with Gasteiger partial charge in [-0.3, -0.25) is 4.79 Å². The average Bonchev–Trinajstić information content (AvgIpc) is 2.60. The Bertz CT molecular complexity index is 742. The van der Waals surface area contributed by atoms with E-state index in [9.17, 15) is 9.90 Å². The molecule has 5 nitrogen and oxygen atoms in total. The van der Waals surface area contributed by atoms with E-state index in [0.29, 0.717) is 36.6 Å². The van der Waals surface area contributed by atoms with Gasteiger partial charge in [-0.15, -0.1) is 0 Å². The molecule has 5 heteroatoms. The van der Waals surface area contributed by atoms with Crippen LogP contribution in [0.3, 0.4) is 0 Å². The molecular weight excluding hydrogens is 294 g/mol. The van der Waals surface area contributed by atoms with Gasteiger partial charge < -0.3 is 19.5 Å². The number of phenols is 1. The number of benzene rings is 2. The molecule has 0 saturated carbocycles. The highest BCUT2D eigenvalue weighted by Crippen LogP contribution is 2.33. The third kappa shape index (κ3) is 2.82. The number of phenolic OH excluding ortho intramolecular Hbond substituents is 1. The quantitative estimate of drug-likeness (QED) is 0.946. The standard InChI is InChI=1S/C18H19NO4/c1-22-16-6-4-3-5-14(16)18(21)19-8-7-12-9-15(20)17(23-2)10-13(12)11-19/h3-6,9-10,20H,7-8,11H2,1-2H3. The molecule has 2 aromatic carbocycles. The van der Waals surface area contributed by atoms with Crippen molar-refractivity contribution in [2.75, 3.05) is 20.8 Å². The van der Waals surface area contributed by atoms with Crippen molar-refractivity contribution in [3.8, 4) is 17.2 Å². The first-order valence-corrected chi connectivity index (χ1v) is 7.45. The van der Waals surface area contributed by atoms with Crippen LogP contribution in [0.15, 0.2) is 36.4 Å². The Morgan fingerprint density at radius 1 is 1.09 bits per heavy atom. The Kier molecular flexibility index (Phi) is 4.10. The van der Waals surface area contributed by atoms with Crippen LogP contribution in [0.5, 0.6) is 17.2 Å². The van der Waals surface area contributed by atoms with Crippen LogP contribution in [0.4, 0.5) is 0 Å². The first-order valence-electron chi connectivity index (χ1n) is 7.45. The number of carbonyl (C=O) groups is 1. The molecule has 0 atom stereocenters. The molecule has 0 spiro atoms. The summed E-state index contributed by atoms with van der Waals surface area (Å²) in [5, 5.41) is 9.87. The molecule has 2 aromatic rings. The fraction of sp³-hybridized carbons (Fsp3) is 0.278. The van der Waals surface area contributed by atoms with Crippen LogP contribution in [-0.2, 0) is 13.0 Å². The number of fused-ring (bicyclic) bond motifs is 1. The number of aromatic hydroxyl groups is 1. The van der Waals surface area contributed by atoms with Gasteiger partial charge in [0.1, 0.15) is 5.75 Å². The van der Waals surface area contributed by atoms with E-state index in [2.05, 4.69) is 0 Å². The minimum absolute atomic E-state index is 0.0554. The van der Waals surface area contributed by atoms with E-state index in [1.165, 1.54) is 7.11 Å². The Labute approximate surface area is 135 Å². The lowest BCUT2D eigenvalue weighted by Crippen LogP contribution is -2.36. The monoisotopic (exact) mass is 313 g/mol. The van der Waals surface area contributed by atoms with Crippen molar-refractivity contribution in [1.82, 2.24) is 4.90 Å². The molecule has 1 heterocycles. The molecule has 1 amide bonds. The Hall–Kier alpha value is -2.69. The molecule has 0 unspecified atom stereocenters. The van der Waals surface area contributed by atoms with E-state index < -0.39 is 0 Å². The summed E-state index contributed by atoms with van der Waals surface area (Å²) < 4.78 is 10.4. The highest BCUT2D eigenvalue weighted by Gasteiger charge is 2.25. The van der Waals surface area contributed by atoms with Gasteiger partial charge in [0.05, 0.1) is 19.8 Å². The molecule has 0 saturated heterocycles. The van der Waals surface area contributed by atoms with Crippen molar-refractivity contribution in [3.63, 3.8) is 0 Å². The summed E-state index contributed by atoms with van der Waals surface area (Å²) >= 11 is 0. The van der Waals surface area contributed by atoms with Crippen LogP contribution in [0.1, 0.15) is 21.5 Å². The van der Waals surface area contributed by atoms with E-state index >= 15 is 0 Å². The second-order valence-corrected chi connectivity index (χ2v) is 5.47. The van der Waals surface area contributed by atoms with Crippen LogP contribution in [0.2, 0.25) is 0 Å². The zero-order chi connectivity index (χ0) is 16.4. The number of methoxy groups -OCH3 is 2. The number of ether oxygens (including phenoxy) is 2. The molecule has 1 aliphatic rings. The van der Waals surface area contributed by atoms with Crippen molar-refractivity contribution >= 4 is 5.91 Å². The van der Waals surface area contributed by atoms with E-state index in [-0.39, 0.29) is 11.7 Å². The first-order chi connectivity index (χ1) is 11.1. The molecule has 3 rings (SSSR count). The highest BCUT2D eigenvalue weighted by atomic mass is 16.5. The van der Waals surface area contributed by atoms with Crippen LogP contribution in [0.25, 0.3) is 0 Å². The van der Waals surface area contributed by atoms with Crippen LogP contribution >= 0.6 is 0 Å². The van der Waals surface area contributed by atoms with Crippen LogP contribution in [-0.4, -0.2) is 36.7 Å². The fourth-order valence-electron chi connectivity index (χ4n) is 2.90. The van der Waals surface area contributed by atoms with Gasteiger partial charge in [-0.05, 0) is 41.8 Å². The number of amides is 1.